The van der Waals surface area contributed by atoms with Gasteiger partial charge in [-0.15, -0.1) is 0 Å². The maximum absolute atomic E-state index is 12.0. The third-order valence-corrected chi connectivity index (χ3v) is 6.66. The van der Waals surface area contributed by atoms with E-state index in [1.807, 2.05) is 53.4 Å². The number of hydrogen-bond donors (Lipinski definition) is 0. The topological polar surface area (TPSA) is 76.1 Å². The molecule has 0 spiro atoms. The van der Waals surface area contributed by atoms with Crippen LogP contribution in [0.1, 0.15) is 81.1 Å². The Morgan fingerprint density at radius 3 is 1.77 bits per heavy atom. The number of carbonyl (C=O) groups is 3. The van der Waals surface area contributed by atoms with Gasteiger partial charge in [-0.1, -0.05) is 0 Å². The van der Waals surface area contributed by atoms with Crippen molar-refractivity contribution in [2.75, 3.05) is 6.54 Å². The van der Waals surface area contributed by atoms with Gasteiger partial charge in [0.05, 0.1) is 6.04 Å². The smallest absolute Gasteiger partial charge is 0.411 e. The van der Waals surface area contributed by atoms with Crippen LogP contribution in [-0.4, -0.2) is 63.1 Å². The lowest BCUT2D eigenvalue weighted by molar-refractivity contribution is -0.112. The van der Waals surface area contributed by atoms with Crippen molar-refractivity contribution < 1.29 is 23.9 Å². The molecule has 4 aliphatic heterocycles. The number of nitrogens with zero attached hydrogens (tertiary/aromatic N) is 2. The number of amides is 2. The van der Waals surface area contributed by atoms with Gasteiger partial charge < -0.3 is 19.2 Å². The fourth-order valence-corrected chi connectivity index (χ4v) is 5.53. The molecule has 1 atom stereocenters. The molecular weight excluding hydrogens is 384 g/mol. The number of aldehydes is 1. The third-order valence-electron chi connectivity index (χ3n) is 6.66. The van der Waals surface area contributed by atoms with Crippen LogP contribution in [0.4, 0.5) is 9.59 Å². The van der Waals surface area contributed by atoms with Gasteiger partial charge >= 0.3 is 12.2 Å². The second kappa shape index (κ2) is 7.13. The highest BCUT2D eigenvalue weighted by atomic mass is 16.6. The molecule has 1 unspecified atom stereocenters. The molecule has 0 aromatic rings. The van der Waals surface area contributed by atoms with Crippen LogP contribution in [-0.2, 0) is 14.3 Å². The monoisotopic (exact) mass is 422 g/mol. The molecule has 6 rings (SSSR count). The molecule has 170 valence electrons. The summed E-state index contributed by atoms with van der Waals surface area (Å²) in [5.74, 6) is 1.07. The van der Waals surface area contributed by atoms with Gasteiger partial charge in [-0.05, 0) is 92.9 Å². The molecule has 6 aliphatic rings. The minimum absolute atomic E-state index is 0.104. The van der Waals surface area contributed by atoms with E-state index in [0.717, 1.165) is 44.4 Å². The lowest BCUT2D eigenvalue weighted by atomic mass is 9.73. The molecule has 0 aromatic heterocycles. The summed E-state index contributed by atoms with van der Waals surface area (Å²) in [5, 5.41) is 0. The summed E-state index contributed by atoms with van der Waals surface area (Å²) < 4.78 is 10.7. The molecule has 6 fully saturated rings. The van der Waals surface area contributed by atoms with E-state index in [9.17, 15) is 14.4 Å². The average molecular weight is 423 g/mol. The Kier molecular flexibility index (Phi) is 5.44. The number of ether oxygens (including phenoxy) is 2. The Labute approximate surface area is 180 Å². The number of rotatable bonds is 1. The van der Waals surface area contributed by atoms with Crippen molar-refractivity contribution in [3.63, 3.8) is 0 Å². The average Bonchev–Trinajstić information content (AvgIpc) is 3.16. The summed E-state index contributed by atoms with van der Waals surface area (Å²) in [6.45, 7) is 16.3. The van der Waals surface area contributed by atoms with Crippen LogP contribution in [0, 0.1) is 11.8 Å². The lowest BCUT2D eigenvalue weighted by Crippen LogP contribution is -2.49. The minimum Gasteiger partial charge on any atom is -0.444 e. The first-order chi connectivity index (χ1) is 13.6. The Balaban J connectivity index is 0.000000172. The molecule has 2 amide bonds. The van der Waals surface area contributed by atoms with Crippen LogP contribution in [0.2, 0.25) is 0 Å². The fourth-order valence-electron chi connectivity index (χ4n) is 5.53. The van der Waals surface area contributed by atoms with Crippen molar-refractivity contribution >= 4 is 18.5 Å². The van der Waals surface area contributed by atoms with E-state index in [1.54, 1.807) is 4.90 Å². The van der Waals surface area contributed by atoms with Gasteiger partial charge in [0.15, 0.2) is 0 Å². The van der Waals surface area contributed by atoms with Gasteiger partial charge in [0.2, 0.25) is 0 Å². The van der Waals surface area contributed by atoms with E-state index in [0.29, 0.717) is 5.92 Å². The van der Waals surface area contributed by atoms with Crippen LogP contribution in [0.15, 0.2) is 0 Å². The normalized spacial score (nSPS) is 36.2. The standard InChI is InChI=1S/C12H19NO3.C11H19NO2/c1-11(2,3)16-10(15)13-9(7-14)8-5-12(13,4)6-8;1-10(2,3)14-9(13)12-7-8-5-11(12,4)6-8/h7-9H,5-6H2,1-4H3;8H,5-7H2,1-4H3. The first kappa shape index (κ1) is 22.9. The van der Waals surface area contributed by atoms with Gasteiger partial charge in [-0.3, -0.25) is 4.90 Å². The predicted octanol–water partition coefficient (Wildman–Crippen LogP) is 4.38. The predicted molar refractivity (Wildman–Crippen MR) is 113 cm³/mol. The summed E-state index contributed by atoms with van der Waals surface area (Å²) in [4.78, 5) is 38.4. The lowest BCUT2D eigenvalue weighted by Gasteiger charge is -2.38. The van der Waals surface area contributed by atoms with E-state index >= 15 is 0 Å². The molecule has 2 aliphatic carbocycles. The van der Waals surface area contributed by atoms with Crippen molar-refractivity contribution in [2.24, 2.45) is 11.8 Å². The van der Waals surface area contributed by atoms with Crippen molar-refractivity contribution in [3.8, 4) is 0 Å². The zero-order valence-corrected chi connectivity index (χ0v) is 19.8. The highest BCUT2D eigenvalue weighted by molar-refractivity contribution is 5.77. The van der Waals surface area contributed by atoms with Crippen LogP contribution < -0.4 is 0 Å². The largest absolute Gasteiger partial charge is 0.444 e. The van der Waals surface area contributed by atoms with Gasteiger partial charge in [0.25, 0.3) is 0 Å². The summed E-state index contributed by atoms with van der Waals surface area (Å²) in [7, 11) is 0. The molecule has 2 saturated carbocycles. The second-order valence-corrected chi connectivity index (χ2v) is 12.0. The summed E-state index contributed by atoms with van der Waals surface area (Å²) in [6, 6.07) is -0.278. The quantitative estimate of drug-likeness (QED) is 0.586. The van der Waals surface area contributed by atoms with Crippen LogP contribution >= 0.6 is 0 Å². The van der Waals surface area contributed by atoms with E-state index in [4.69, 9.17) is 9.47 Å². The fraction of sp³-hybridized carbons (Fsp3) is 0.870. The van der Waals surface area contributed by atoms with Gasteiger partial charge in [-0.25, -0.2) is 9.59 Å². The SMILES string of the molecule is CC(C)(C)OC(=O)N1C(C=O)C2CC1(C)C2.CC(C)(C)OC(=O)N1CC2CC1(C)C2. The van der Waals surface area contributed by atoms with Crippen LogP contribution in [0.3, 0.4) is 0 Å². The summed E-state index contributed by atoms with van der Waals surface area (Å²) in [5.41, 5.74) is -0.931. The highest BCUT2D eigenvalue weighted by Gasteiger charge is 2.61. The first-order valence-electron chi connectivity index (χ1n) is 11.1. The molecule has 7 heteroatoms. The van der Waals surface area contributed by atoms with E-state index in [1.165, 1.54) is 0 Å². The molecule has 30 heavy (non-hydrogen) atoms. The molecule has 7 nitrogen and oxygen atoms in total. The number of hydrogen-bond acceptors (Lipinski definition) is 5. The molecule has 4 saturated heterocycles. The molecule has 4 bridgehead atoms. The second-order valence-electron chi connectivity index (χ2n) is 12.0. The maximum Gasteiger partial charge on any atom is 0.411 e. The van der Waals surface area contributed by atoms with Gasteiger partial charge in [0.1, 0.15) is 17.5 Å². The van der Waals surface area contributed by atoms with E-state index in [-0.39, 0.29) is 34.9 Å². The number of fused-ring (bicyclic) bond motifs is 2. The van der Waals surface area contributed by atoms with Crippen molar-refractivity contribution in [1.82, 2.24) is 9.80 Å². The summed E-state index contributed by atoms with van der Waals surface area (Å²) >= 11 is 0. The number of carbonyl (C=O) groups excluding carboxylic acids is 3. The van der Waals surface area contributed by atoms with E-state index in [2.05, 4.69) is 6.92 Å². The first-order valence-corrected chi connectivity index (χ1v) is 11.1. The summed E-state index contributed by atoms with van der Waals surface area (Å²) in [6.07, 6.45) is 4.56. The molecule has 0 N–H and O–H groups in total. The Morgan fingerprint density at radius 1 is 0.867 bits per heavy atom. The van der Waals surface area contributed by atoms with Crippen LogP contribution in [0.5, 0.6) is 0 Å². The van der Waals surface area contributed by atoms with Gasteiger partial charge in [0, 0.05) is 17.6 Å². The zero-order valence-electron chi connectivity index (χ0n) is 19.8. The van der Waals surface area contributed by atoms with E-state index < -0.39 is 5.60 Å². The molecule has 4 heterocycles. The Morgan fingerprint density at radius 2 is 1.37 bits per heavy atom. The van der Waals surface area contributed by atoms with Crippen molar-refractivity contribution in [3.05, 3.63) is 0 Å². The maximum atomic E-state index is 12.0. The molecule has 0 radical (unpaired) electrons. The van der Waals surface area contributed by atoms with Crippen molar-refractivity contribution in [2.45, 2.75) is 109 Å². The van der Waals surface area contributed by atoms with Gasteiger partial charge in [-0.2, -0.15) is 0 Å². The molecular formula is C23H38N2O5. The Hall–Kier alpha value is -1.79. The third kappa shape index (κ3) is 4.30. The zero-order chi connectivity index (χ0) is 22.7. The Bertz CT molecular complexity index is 708. The molecule has 0 aromatic carbocycles. The highest BCUT2D eigenvalue weighted by Crippen LogP contribution is 2.54. The minimum atomic E-state index is -0.506. The van der Waals surface area contributed by atoms with Crippen molar-refractivity contribution in [1.29, 1.82) is 0 Å². The van der Waals surface area contributed by atoms with Crippen LogP contribution in [0.25, 0.3) is 0 Å².